The topological polar surface area (TPSA) is 17.1 Å². The molecule has 0 unspecified atom stereocenters. The molecule has 2 heteroatoms. The first-order valence-electron chi connectivity index (χ1n) is 5.19. The summed E-state index contributed by atoms with van der Waals surface area (Å²) in [5, 5.41) is 0. The summed E-state index contributed by atoms with van der Waals surface area (Å²) in [4.78, 5) is 11.8. The Balaban J connectivity index is 2.01. The van der Waals surface area contributed by atoms with Gasteiger partial charge < -0.3 is 0 Å². The van der Waals surface area contributed by atoms with Crippen LogP contribution in [0, 0.1) is 11.7 Å². The fourth-order valence-electron chi connectivity index (χ4n) is 1.88. The highest BCUT2D eigenvalue weighted by Gasteiger charge is 2.16. The number of allylic oxidation sites excluding steroid dienone is 2. The summed E-state index contributed by atoms with van der Waals surface area (Å²) >= 11 is 0. The van der Waals surface area contributed by atoms with Crippen molar-refractivity contribution in [3.63, 3.8) is 0 Å². The lowest BCUT2D eigenvalue weighted by Gasteiger charge is -2.07. The van der Waals surface area contributed by atoms with Crippen molar-refractivity contribution >= 4 is 5.78 Å². The Morgan fingerprint density at radius 2 is 2.07 bits per heavy atom. The van der Waals surface area contributed by atoms with Crippen molar-refractivity contribution in [2.75, 3.05) is 0 Å². The Labute approximate surface area is 88.6 Å². The first-order valence-corrected chi connectivity index (χ1v) is 5.19. The molecule has 1 aliphatic carbocycles. The SMILES string of the molecule is O=C(CC1CC=CC1)c1cccc(F)c1. The minimum Gasteiger partial charge on any atom is -0.294 e. The average molecular weight is 204 g/mol. The Morgan fingerprint density at radius 3 is 2.73 bits per heavy atom. The molecule has 0 radical (unpaired) electrons. The zero-order valence-corrected chi connectivity index (χ0v) is 8.45. The lowest BCUT2D eigenvalue weighted by Crippen LogP contribution is -2.06. The van der Waals surface area contributed by atoms with E-state index in [0.29, 0.717) is 17.9 Å². The van der Waals surface area contributed by atoms with Gasteiger partial charge in [-0.25, -0.2) is 4.39 Å². The van der Waals surface area contributed by atoms with Gasteiger partial charge in [0.05, 0.1) is 0 Å². The van der Waals surface area contributed by atoms with Crippen molar-refractivity contribution in [3.8, 4) is 0 Å². The fourth-order valence-corrected chi connectivity index (χ4v) is 1.88. The van der Waals surface area contributed by atoms with Crippen molar-refractivity contribution in [1.82, 2.24) is 0 Å². The molecule has 1 aromatic carbocycles. The van der Waals surface area contributed by atoms with Gasteiger partial charge in [-0.05, 0) is 30.9 Å². The van der Waals surface area contributed by atoms with E-state index < -0.39 is 0 Å². The van der Waals surface area contributed by atoms with Crippen molar-refractivity contribution in [2.45, 2.75) is 19.3 Å². The van der Waals surface area contributed by atoms with Crippen LogP contribution in [0.2, 0.25) is 0 Å². The number of carbonyl (C=O) groups excluding carboxylic acids is 1. The van der Waals surface area contributed by atoms with Gasteiger partial charge in [-0.3, -0.25) is 4.79 Å². The fraction of sp³-hybridized carbons (Fsp3) is 0.308. The second kappa shape index (κ2) is 4.39. The van der Waals surface area contributed by atoms with Crippen molar-refractivity contribution in [2.24, 2.45) is 5.92 Å². The van der Waals surface area contributed by atoms with E-state index in [9.17, 15) is 9.18 Å². The summed E-state index contributed by atoms with van der Waals surface area (Å²) in [7, 11) is 0. The molecule has 15 heavy (non-hydrogen) atoms. The van der Waals surface area contributed by atoms with Crippen LogP contribution in [0.5, 0.6) is 0 Å². The number of Topliss-reactive ketones (excluding diaryl/α,β-unsaturated/α-hetero) is 1. The molecule has 1 aromatic rings. The minimum absolute atomic E-state index is 0.0446. The van der Waals surface area contributed by atoms with Crippen molar-refractivity contribution < 1.29 is 9.18 Å². The highest BCUT2D eigenvalue weighted by atomic mass is 19.1. The predicted molar refractivity (Wildman–Crippen MR) is 57.2 cm³/mol. The van der Waals surface area contributed by atoms with Crippen LogP contribution in [0.15, 0.2) is 36.4 Å². The van der Waals surface area contributed by atoms with Gasteiger partial charge >= 0.3 is 0 Å². The Morgan fingerprint density at radius 1 is 1.33 bits per heavy atom. The van der Waals surface area contributed by atoms with Crippen LogP contribution < -0.4 is 0 Å². The molecule has 0 bridgehead atoms. The lowest BCUT2D eigenvalue weighted by molar-refractivity contribution is 0.0963. The van der Waals surface area contributed by atoms with E-state index in [1.165, 1.54) is 12.1 Å². The smallest absolute Gasteiger partial charge is 0.163 e. The van der Waals surface area contributed by atoms with Gasteiger partial charge in [0.25, 0.3) is 0 Å². The van der Waals surface area contributed by atoms with E-state index in [0.717, 1.165) is 12.8 Å². The zero-order valence-electron chi connectivity index (χ0n) is 8.45. The molecule has 0 saturated heterocycles. The standard InChI is InChI=1S/C13H13FO/c14-12-7-3-6-11(9-12)13(15)8-10-4-1-2-5-10/h1-3,6-7,9-10H,4-5,8H2. The molecule has 0 amide bonds. The predicted octanol–water partition coefficient (Wildman–Crippen LogP) is 3.36. The summed E-state index contributed by atoms with van der Waals surface area (Å²) in [6.45, 7) is 0. The molecular formula is C13H13FO. The molecule has 0 aromatic heterocycles. The third-order valence-corrected chi connectivity index (χ3v) is 2.73. The van der Waals surface area contributed by atoms with E-state index in [1.54, 1.807) is 12.1 Å². The van der Waals surface area contributed by atoms with E-state index >= 15 is 0 Å². The highest BCUT2D eigenvalue weighted by molar-refractivity contribution is 5.96. The van der Waals surface area contributed by atoms with Crippen LogP contribution in [0.3, 0.4) is 0 Å². The summed E-state index contributed by atoms with van der Waals surface area (Å²) < 4.78 is 12.9. The first kappa shape index (κ1) is 10.1. The van der Waals surface area contributed by atoms with Crippen LogP contribution in [-0.2, 0) is 0 Å². The molecule has 0 atom stereocenters. The largest absolute Gasteiger partial charge is 0.294 e. The van der Waals surface area contributed by atoms with Gasteiger partial charge in [-0.15, -0.1) is 0 Å². The molecular weight excluding hydrogens is 191 g/mol. The van der Waals surface area contributed by atoms with Crippen LogP contribution in [-0.4, -0.2) is 5.78 Å². The molecule has 0 spiro atoms. The van der Waals surface area contributed by atoms with Crippen LogP contribution in [0.25, 0.3) is 0 Å². The average Bonchev–Trinajstić information content (AvgIpc) is 2.70. The van der Waals surface area contributed by atoms with Gasteiger partial charge in [0.2, 0.25) is 0 Å². The Bertz CT molecular complexity index is 387. The number of rotatable bonds is 3. The van der Waals surface area contributed by atoms with Crippen LogP contribution in [0.1, 0.15) is 29.6 Å². The van der Waals surface area contributed by atoms with Crippen molar-refractivity contribution in [1.29, 1.82) is 0 Å². The molecule has 2 rings (SSSR count). The summed E-state index contributed by atoms with van der Waals surface area (Å²) in [6, 6.07) is 5.92. The Kier molecular flexibility index (Phi) is 2.95. The van der Waals surface area contributed by atoms with Gasteiger partial charge in [0.1, 0.15) is 5.82 Å². The Hall–Kier alpha value is -1.44. The van der Waals surface area contributed by atoms with Crippen LogP contribution >= 0.6 is 0 Å². The van der Waals surface area contributed by atoms with Gasteiger partial charge in [0.15, 0.2) is 5.78 Å². The molecule has 0 N–H and O–H groups in total. The van der Waals surface area contributed by atoms with Crippen LogP contribution in [0.4, 0.5) is 4.39 Å². The maximum atomic E-state index is 12.9. The monoisotopic (exact) mass is 204 g/mol. The summed E-state index contributed by atoms with van der Waals surface area (Å²) in [6.07, 6.45) is 6.67. The normalized spacial score (nSPS) is 15.8. The maximum absolute atomic E-state index is 12.9. The highest BCUT2D eigenvalue weighted by Crippen LogP contribution is 2.23. The van der Waals surface area contributed by atoms with E-state index in [1.807, 2.05) is 0 Å². The number of benzene rings is 1. The van der Waals surface area contributed by atoms with Crippen molar-refractivity contribution in [3.05, 3.63) is 47.8 Å². The number of ketones is 1. The minimum atomic E-state index is -0.342. The molecule has 1 nitrogen and oxygen atoms in total. The molecule has 0 fully saturated rings. The number of halogens is 1. The number of hydrogen-bond donors (Lipinski definition) is 0. The summed E-state index contributed by atoms with van der Waals surface area (Å²) in [5.41, 5.74) is 0.488. The maximum Gasteiger partial charge on any atom is 0.163 e. The lowest BCUT2D eigenvalue weighted by atomic mass is 9.96. The second-order valence-electron chi connectivity index (χ2n) is 3.95. The van der Waals surface area contributed by atoms with Gasteiger partial charge in [-0.2, -0.15) is 0 Å². The number of carbonyl (C=O) groups is 1. The third kappa shape index (κ3) is 2.52. The first-order chi connectivity index (χ1) is 7.25. The van der Waals surface area contributed by atoms with E-state index in [2.05, 4.69) is 12.2 Å². The molecule has 0 aliphatic heterocycles. The quantitative estimate of drug-likeness (QED) is 0.545. The molecule has 0 heterocycles. The van der Waals surface area contributed by atoms with E-state index in [4.69, 9.17) is 0 Å². The van der Waals surface area contributed by atoms with Gasteiger partial charge in [0, 0.05) is 12.0 Å². The van der Waals surface area contributed by atoms with Gasteiger partial charge in [-0.1, -0.05) is 24.3 Å². The zero-order chi connectivity index (χ0) is 10.7. The van der Waals surface area contributed by atoms with E-state index in [-0.39, 0.29) is 11.6 Å². The molecule has 1 aliphatic rings. The second-order valence-corrected chi connectivity index (χ2v) is 3.95. The third-order valence-electron chi connectivity index (χ3n) is 2.73. The molecule has 78 valence electrons. The molecule has 0 saturated carbocycles. The summed E-state index contributed by atoms with van der Waals surface area (Å²) in [5.74, 6) is 0.120. The number of hydrogen-bond acceptors (Lipinski definition) is 1.